The molecule has 5 heteroatoms. The Morgan fingerprint density at radius 3 is 2.59 bits per heavy atom. The van der Waals surface area contributed by atoms with E-state index in [4.69, 9.17) is 17.4 Å². The average molecular weight is 322 g/mol. The zero-order valence-corrected chi connectivity index (χ0v) is 12.8. The van der Waals surface area contributed by atoms with Crippen molar-refractivity contribution in [3.05, 3.63) is 23.8 Å². The molecule has 0 saturated carbocycles. The SMILES string of the molecule is CC1(Cl)C=CC=C(C(=O)N(N)C(C)(C)C)C1Br. The maximum atomic E-state index is 12.3. The number of rotatable bonds is 1. The topological polar surface area (TPSA) is 46.3 Å². The quantitative estimate of drug-likeness (QED) is 0.349. The van der Waals surface area contributed by atoms with Gasteiger partial charge in [-0.1, -0.05) is 34.2 Å². The molecule has 2 N–H and O–H groups in total. The van der Waals surface area contributed by atoms with E-state index >= 15 is 0 Å². The third-order valence-electron chi connectivity index (χ3n) is 2.65. The van der Waals surface area contributed by atoms with Gasteiger partial charge in [0.1, 0.15) is 0 Å². The summed E-state index contributed by atoms with van der Waals surface area (Å²) >= 11 is 9.75. The van der Waals surface area contributed by atoms with Gasteiger partial charge in [0.25, 0.3) is 5.91 Å². The summed E-state index contributed by atoms with van der Waals surface area (Å²) < 4.78 is 0. The van der Waals surface area contributed by atoms with Gasteiger partial charge >= 0.3 is 0 Å². The third kappa shape index (κ3) is 3.12. The number of halogens is 2. The van der Waals surface area contributed by atoms with E-state index < -0.39 is 10.4 Å². The molecule has 0 bridgehead atoms. The molecule has 3 nitrogen and oxygen atoms in total. The van der Waals surface area contributed by atoms with Gasteiger partial charge in [-0.25, -0.2) is 5.84 Å². The number of amides is 1. The molecule has 0 fully saturated rings. The highest BCUT2D eigenvalue weighted by Crippen LogP contribution is 2.36. The highest BCUT2D eigenvalue weighted by Gasteiger charge is 2.38. The van der Waals surface area contributed by atoms with E-state index in [9.17, 15) is 4.79 Å². The van der Waals surface area contributed by atoms with Crippen molar-refractivity contribution in [2.24, 2.45) is 5.84 Å². The van der Waals surface area contributed by atoms with E-state index in [2.05, 4.69) is 15.9 Å². The van der Waals surface area contributed by atoms with Crippen molar-refractivity contribution in [3.8, 4) is 0 Å². The van der Waals surface area contributed by atoms with Gasteiger partial charge < -0.3 is 0 Å². The average Bonchev–Trinajstić information content (AvgIpc) is 2.18. The summed E-state index contributed by atoms with van der Waals surface area (Å²) in [6, 6.07) is 0. The van der Waals surface area contributed by atoms with Crippen molar-refractivity contribution in [1.29, 1.82) is 0 Å². The molecular formula is C12H18BrClN2O. The molecule has 0 radical (unpaired) electrons. The van der Waals surface area contributed by atoms with Gasteiger partial charge in [0.05, 0.1) is 15.2 Å². The van der Waals surface area contributed by atoms with Gasteiger partial charge in [0.15, 0.2) is 0 Å². The predicted octanol–water partition coefficient (Wildman–Crippen LogP) is 2.74. The first-order chi connectivity index (χ1) is 7.57. The molecule has 0 heterocycles. The van der Waals surface area contributed by atoms with Crippen LogP contribution in [0.2, 0.25) is 0 Å². The maximum absolute atomic E-state index is 12.3. The first-order valence-corrected chi connectivity index (χ1v) is 6.68. The minimum absolute atomic E-state index is 0.212. The zero-order chi connectivity index (χ0) is 13.4. The first-order valence-electron chi connectivity index (χ1n) is 5.39. The lowest BCUT2D eigenvalue weighted by atomic mass is 9.93. The van der Waals surface area contributed by atoms with Crippen molar-refractivity contribution in [2.45, 2.75) is 42.9 Å². The van der Waals surface area contributed by atoms with Crippen LogP contribution in [0.5, 0.6) is 0 Å². The second kappa shape index (κ2) is 4.75. The number of hydrogen-bond acceptors (Lipinski definition) is 2. The smallest absolute Gasteiger partial charge is 0.265 e. The lowest BCUT2D eigenvalue weighted by Crippen LogP contribution is -2.53. The number of hydrogen-bond donors (Lipinski definition) is 1. The fraction of sp³-hybridized carbons (Fsp3) is 0.583. The molecule has 0 saturated heterocycles. The van der Waals surface area contributed by atoms with Crippen LogP contribution in [0.15, 0.2) is 23.8 Å². The summed E-state index contributed by atoms with van der Waals surface area (Å²) in [5.74, 6) is 5.62. The van der Waals surface area contributed by atoms with E-state index in [-0.39, 0.29) is 10.7 Å². The van der Waals surface area contributed by atoms with Crippen molar-refractivity contribution in [3.63, 3.8) is 0 Å². The molecule has 0 aliphatic heterocycles. The monoisotopic (exact) mass is 320 g/mol. The van der Waals surface area contributed by atoms with E-state index in [0.29, 0.717) is 5.57 Å². The Bertz CT molecular complexity index is 382. The molecule has 96 valence electrons. The molecule has 0 aromatic heterocycles. The van der Waals surface area contributed by atoms with Gasteiger partial charge in [0.2, 0.25) is 0 Å². The molecule has 2 unspecified atom stereocenters. The third-order valence-corrected chi connectivity index (χ3v) is 4.71. The van der Waals surface area contributed by atoms with Crippen molar-refractivity contribution >= 4 is 33.4 Å². The molecule has 0 aromatic carbocycles. The van der Waals surface area contributed by atoms with Crippen LogP contribution in [0.4, 0.5) is 0 Å². The van der Waals surface area contributed by atoms with E-state index in [1.165, 1.54) is 5.01 Å². The minimum Gasteiger partial charge on any atom is -0.271 e. The Morgan fingerprint density at radius 2 is 2.12 bits per heavy atom. The summed E-state index contributed by atoms with van der Waals surface area (Å²) in [5, 5.41) is 1.24. The Morgan fingerprint density at radius 1 is 1.59 bits per heavy atom. The Labute approximate surface area is 116 Å². The van der Waals surface area contributed by atoms with Crippen LogP contribution in [-0.4, -0.2) is 26.2 Å². The second-order valence-electron chi connectivity index (χ2n) is 5.34. The normalized spacial score (nSPS) is 28.9. The van der Waals surface area contributed by atoms with Crippen LogP contribution in [0.1, 0.15) is 27.7 Å². The Balaban J connectivity index is 2.99. The van der Waals surface area contributed by atoms with Crippen LogP contribution in [0.25, 0.3) is 0 Å². The predicted molar refractivity (Wildman–Crippen MR) is 75.0 cm³/mol. The van der Waals surface area contributed by atoms with Gasteiger partial charge in [-0.15, -0.1) is 11.6 Å². The second-order valence-corrected chi connectivity index (χ2v) is 7.07. The number of hydrazine groups is 1. The number of nitrogens with zero attached hydrogens (tertiary/aromatic N) is 1. The van der Waals surface area contributed by atoms with Crippen molar-refractivity contribution in [1.82, 2.24) is 5.01 Å². The van der Waals surface area contributed by atoms with Gasteiger partial charge in [-0.2, -0.15) is 0 Å². The van der Waals surface area contributed by atoms with Crippen LogP contribution < -0.4 is 5.84 Å². The standard InChI is InChI=1S/C12H18BrClN2O/c1-11(2,3)16(15)10(17)8-6-5-7-12(4,14)9(8)13/h5-7,9H,15H2,1-4H3. The Kier molecular flexibility index (Phi) is 4.12. The summed E-state index contributed by atoms with van der Waals surface area (Å²) in [6.45, 7) is 7.50. The summed E-state index contributed by atoms with van der Waals surface area (Å²) in [6.07, 6.45) is 5.38. The van der Waals surface area contributed by atoms with Crippen molar-refractivity contribution < 1.29 is 4.79 Å². The first kappa shape index (κ1) is 14.7. The molecule has 1 aliphatic carbocycles. The van der Waals surface area contributed by atoms with Crippen LogP contribution in [0.3, 0.4) is 0 Å². The fourth-order valence-electron chi connectivity index (χ4n) is 1.44. The van der Waals surface area contributed by atoms with E-state index in [0.717, 1.165) is 0 Å². The summed E-state index contributed by atoms with van der Waals surface area (Å²) in [4.78, 5) is 11.4. The van der Waals surface area contributed by atoms with Crippen molar-refractivity contribution in [2.75, 3.05) is 0 Å². The van der Waals surface area contributed by atoms with Gasteiger partial charge in [-0.3, -0.25) is 9.80 Å². The van der Waals surface area contributed by atoms with Gasteiger partial charge in [0, 0.05) is 5.57 Å². The van der Waals surface area contributed by atoms with Crippen LogP contribution in [0, 0.1) is 0 Å². The molecule has 1 rings (SSSR count). The summed E-state index contributed by atoms with van der Waals surface area (Å²) in [5.41, 5.74) is 0.150. The minimum atomic E-state index is -0.613. The number of nitrogens with two attached hydrogens (primary N) is 1. The lowest BCUT2D eigenvalue weighted by Gasteiger charge is -2.35. The van der Waals surface area contributed by atoms with Crippen LogP contribution in [-0.2, 0) is 4.79 Å². The highest BCUT2D eigenvalue weighted by atomic mass is 79.9. The molecule has 0 spiro atoms. The Hall–Kier alpha value is -0.320. The number of carbonyl (C=O) groups is 1. The number of allylic oxidation sites excluding steroid dienone is 3. The molecule has 2 atom stereocenters. The molecule has 1 amide bonds. The number of carbonyl (C=O) groups excluding carboxylic acids is 1. The molecule has 1 aliphatic rings. The van der Waals surface area contributed by atoms with E-state index in [1.54, 1.807) is 12.2 Å². The van der Waals surface area contributed by atoms with Gasteiger partial charge in [-0.05, 0) is 27.7 Å². The molecule has 0 aromatic rings. The highest BCUT2D eigenvalue weighted by molar-refractivity contribution is 9.09. The molecular weight excluding hydrogens is 304 g/mol. The zero-order valence-electron chi connectivity index (χ0n) is 10.5. The molecule has 17 heavy (non-hydrogen) atoms. The van der Waals surface area contributed by atoms with E-state index in [1.807, 2.05) is 33.8 Å². The maximum Gasteiger partial charge on any atom is 0.265 e. The number of alkyl halides is 2. The summed E-state index contributed by atoms with van der Waals surface area (Å²) in [7, 11) is 0. The largest absolute Gasteiger partial charge is 0.271 e. The lowest BCUT2D eigenvalue weighted by molar-refractivity contribution is -0.132. The fourth-order valence-corrected chi connectivity index (χ4v) is 2.13. The van der Waals surface area contributed by atoms with Crippen LogP contribution >= 0.6 is 27.5 Å².